The molecule has 2 aliphatic carbocycles. The Labute approximate surface area is 220 Å². The lowest BCUT2D eigenvalue weighted by atomic mass is 9.87. The second-order valence-electron chi connectivity index (χ2n) is 10.2. The number of benzene rings is 1. The minimum atomic E-state index is 0.528. The van der Waals surface area contributed by atoms with Gasteiger partial charge in [0.05, 0.1) is 34.1 Å². The first-order valence-electron chi connectivity index (χ1n) is 13.4. The van der Waals surface area contributed by atoms with Crippen LogP contribution in [0.25, 0.3) is 50.4 Å². The number of fused-ring (bicyclic) bond motifs is 2. The van der Waals surface area contributed by atoms with Gasteiger partial charge in [0.2, 0.25) is 0 Å². The zero-order chi connectivity index (χ0) is 25.5. The molecule has 5 aromatic rings. The molecule has 7 heteroatoms. The van der Waals surface area contributed by atoms with E-state index in [1.54, 1.807) is 0 Å². The fourth-order valence-electron chi connectivity index (χ4n) is 5.65. The topological polar surface area (TPSA) is 95.2 Å². The summed E-state index contributed by atoms with van der Waals surface area (Å²) in [6, 6.07) is 12.3. The highest BCUT2D eigenvalue weighted by Crippen LogP contribution is 2.33. The molecule has 1 saturated carbocycles. The van der Waals surface area contributed by atoms with Gasteiger partial charge in [-0.3, -0.25) is 10.1 Å². The van der Waals surface area contributed by atoms with E-state index in [1.807, 2.05) is 30.6 Å². The molecule has 188 valence electrons. The standard InChI is InChI=1S/C31H29N7/c1-19(20-8-3-2-4-9-20)33-23-16-22(17-32-18-23)25-14-15-27-29(34-25)30(38-37-27)31-35-26-13-7-12-24(28(26)36-31)21-10-5-6-11-21/h5,7,10-18,20,33H,1-4,6,8-9H2,(H,35,36)(H,37,38). The van der Waals surface area contributed by atoms with Crippen molar-refractivity contribution in [2.75, 3.05) is 5.32 Å². The SMILES string of the molecule is C=C(Nc1cncc(-c2ccc3[nH]nc(-c4nc5c(C6=CCC=C6)cccc5[nH]4)c3n2)c1)C1CCCCC1. The lowest BCUT2D eigenvalue weighted by Crippen LogP contribution is -2.14. The van der Waals surface area contributed by atoms with E-state index >= 15 is 0 Å². The van der Waals surface area contributed by atoms with Crippen LogP contribution in [0, 0.1) is 5.92 Å². The molecule has 0 bridgehead atoms. The molecule has 38 heavy (non-hydrogen) atoms. The minimum Gasteiger partial charge on any atom is -0.358 e. The molecule has 0 unspecified atom stereocenters. The number of H-pyrrole nitrogens is 2. The molecule has 7 nitrogen and oxygen atoms in total. The maximum atomic E-state index is 5.00. The summed E-state index contributed by atoms with van der Waals surface area (Å²) in [4.78, 5) is 17.9. The van der Waals surface area contributed by atoms with Crippen molar-refractivity contribution in [2.45, 2.75) is 38.5 Å². The molecular formula is C31H29N7. The second-order valence-corrected chi connectivity index (χ2v) is 10.2. The van der Waals surface area contributed by atoms with Crippen molar-refractivity contribution < 1.29 is 0 Å². The number of aromatic nitrogens is 6. The number of para-hydroxylation sites is 1. The van der Waals surface area contributed by atoms with E-state index in [1.165, 1.54) is 37.7 Å². The van der Waals surface area contributed by atoms with Gasteiger partial charge < -0.3 is 10.3 Å². The molecule has 0 amide bonds. The summed E-state index contributed by atoms with van der Waals surface area (Å²) in [6.45, 7) is 4.32. The number of imidazole rings is 1. The largest absolute Gasteiger partial charge is 0.358 e. The third-order valence-electron chi connectivity index (χ3n) is 7.66. The van der Waals surface area contributed by atoms with Gasteiger partial charge in [0.25, 0.3) is 0 Å². The van der Waals surface area contributed by atoms with E-state index in [-0.39, 0.29) is 0 Å². The maximum absolute atomic E-state index is 5.00. The molecule has 1 fully saturated rings. The van der Waals surface area contributed by atoms with Gasteiger partial charge in [-0.05, 0) is 55.0 Å². The normalized spacial score (nSPS) is 15.8. The van der Waals surface area contributed by atoms with Crippen molar-refractivity contribution in [1.29, 1.82) is 0 Å². The number of anilines is 1. The lowest BCUT2D eigenvalue weighted by Gasteiger charge is -2.24. The highest BCUT2D eigenvalue weighted by molar-refractivity contribution is 5.96. The predicted molar refractivity (Wildman–Crippen MR) is 153 cm³/mol. The lowest BCUT2D eigenvalue weighted by molar-refractivity contribution is 0.405. The van der Waals surface area contributed by atoms with Crippen LogP contribution >= 0.6 is 0 Å². The number of aromatic amines is 2. The van der Waals surface area contributed by atoms with E-state index in [0.29, 0.717) is 17.4 Å². The van der Waals surface area contributed by atoms with Crippen LogP contribution in [0.4, 0.5) is 5.69 Å². The zero-order valence-electron chi connectivity index (χ0n) is 21.2. The fourth-order valence-corrected chi connectivity index (χ4v) is 5.65. The highest BCUT2D eigenvalue weighted by Gasteiger charge is 2.19. The van der Waals surface area contributed by atoms with Crippen LogP contribution in [0.1, 0.15) is 44.1 Å². The summed E-state index contributed by atoms with van der Waals surface area (Å²) in [5.41, 5.74) is 10.4. The number of nitrogens with zero attached hydrogens (tertiary/aromatic N) is 4. The Morgan fingerprint density at radius 1 is 0.974 bits per heavy atom. The van der Waals surface area contributed by atoms with Gasteiger partial charge in [0.1, 0.15) is 5.52 Å². The molecule has 4 aromatic heterocycles. The fraction of sp³-hybridized carbons (Fsp3) is 0.226. The van der Waals surface area contributed by atoms with Crippen molar-refractivity contribution in [3.05, 3.63) is 84.9 Å². The third-order valence-corrected chi connectivity index (χ3v) is 7.66. The Bertz CT molecular complexity index is 1730. The van der Waals surface area contributed by atoms with Crippen molar-refractivity contribution >= 4 is 33.3 Å². The Balaban J connectivity index is 1.22. The molecule has 0 atom stereocenters. The minimum absolute atomic E-state index is 0.528. The summed E-state index contributed by atoms with van der Waals surface area (Å²) in [5, 5.41) is 11.2. The number of pyridine rings is 2. The second kappa shape index (κ2) is 9.41. The van der Waals surface area contributed by atoms with Crippen LogP contribution < -0.4 is 5.32 Å². The van der Waals surface area contributed by atoms with E-state index in [0.717, 1.165) is 56.7 Å². The Morgan fingerprint density at radius 3 is 2.76 bits per heavy atom. The van der Waals surface area contributed by atoms with Gasteiger partial charge in [-0.2, -0.15) is 5.10 Å². The Hall–Kier alpha value is -4.52. The molecule has 0 aliphatic heterocycles. The zero-order valence-corrected chi connectivity index (χ0v) is 21.2. The van der Waals surface area contributed by atoms with Gasteiger partial charge in [-0.15, -0.1) is 0 Å². The molecule has 7 rings (SSSR count). The molecule has 2 aliphatic rings. The first-order valence-corrected chi connectivity index (χ1v) is 13.4. The van der Waals surface area contributed by atoms with E-state index in [9.17, 15) is 0 Å². The number of hydrogen-bond donors (Lipinski definition) is 3. The number of nitrogens with one attached hydrogen (secondary N) is 3. The van der Waals surface area contributed by atoms with Gasteiger partial charge in [0.15, 0.2) is 11.5 Å². The highest BCUT2D eigenvalue weighted by atomic mass is 15.1. The summed E-state index contributed by atoms with van der Waals surface area (Å²) in [7, 11) is 0. The monoisotopic (exact) mass is 499 g/mol. The molecule has 0 radical (unpaired) electrons. The van der Waals surface area contributed by atoms with E-state index in [4.69, 9.17) is 9.97 Å². The predicted octanol–water partition coefficient (Wildman–Crippen LogP) is 7.41. The van der Waals surface area contributed by atoms with Crippen molar-refractivity contribution in [3.63, 3.8) is 0 Å². The average molecular weight is 500 g/mol. The van der Waals surface area contributed by atoms with Crippen LogP contribution in [0.15, 0.2) is 79.3 Å². The summed E-state index contributed by atoms with van der Waals surface area (Å²) in [5.74, 6) is 1.23. The maximum Gasteiger partial charge on any atom is 0.161 e. The van der Waals surface area contributed by atoms with Crippen LogP contribution in [-0.4, -0.2) is 30.1 Å². The van der Waals surface area contributed by atoms with E-state index < -0.39 is 0 Å². The van der Waals surface area contributed by atoms with Crippen molar-refractivity contribution in [1.82, 2.24) is 30.1 Å². The first kappa shape index (κ1) is 22.7. The quantitative estimate of drug-likeness (QED) is 0.226. The van der Waals surface area contributed by atoms with E-state index in [2.05, 4.69) is 68.5 Å². The van der Waals surface area contributed by atoms with Gasteiger partial charge in [-0.25, -0.2) is 9.97 Å². The molecular weight excluding hydrogens is 470 g/mol. The molecule has 0 saturated heterocycles. The first-order chi connectivity index (χ1) is 18.7. The number of hydrogen-bond acceptors (Lipinski definition) is 5. The van der Waals surface area contributed by atoms with Gasteiger partial charge >= 0.3 is 0 Å². The molecule has 4 heterocycles. The third kappa shape index (κ3) is 4.10. The summed E-state index contributed by atoms with van der Waals surface area (Å²) < 4.78 is 0. The summed E-state index contributed by atoms with van der Waals surface area (Å²) >= 11 is 0. The number of allylic oxidation sites excluding steroid dienone is 5. The Morgan fingerprint density at radius 2 is 1.89 bits per heavy atom. The number of rotatable bonds is 6. The van der Waals surface area contributed by atoms with Crippen molar-refractivity contribution in [3.8, 4) is 22.8 Å². The van der Waals surface area contributed by atoms with Crippen molar-refractivity contribution in [2.24, 2.45) is 5.92 Å². The molecule has 1 aromatic carbocycles. The smallest absolute Gasteiger partial charge is 0.161 e. The Kier molecular flexibility index (Phi) is 5.61. The van der Waals surface area contributed by atoms with Gasteiger partial charge in [-0.1, -0.05) is 56.2 Å². The molecule has 3 N–H and O–H groups in total. The average Bonchev–Trinajstić information content (AvgIpc) is 3.73. The van der Waals surface area contributed by atoms with Crippen LogP contribution in [-0.2, 0) is 0 Å². The summed E-state index contributed by atoms with van der Waals surface area (Å²) in [6.07, 6.45) is 17.5. The van der Waals surface area contributed by atoms with Gasteiger partial charge in [0, 0.05) is 23.0 Å². The van der Waals surface area contributed by atoms with Crippen LogP contribution in [0.3, 0.4) is 0 Å². The molecule has 0 spiro atoms. The van der Waals surface area contributed by atoms with Crippen LogP contribution in [0.2, 0.25) is 0 Å². The van der Waals surface area contributed by atoms with Crippen LogP contribution in [0.5, 0.6) is 0 Å².